The average molecular weight is 490 g/mol. The Morgan fingerprint density at radius 3 is 2.50 bits per heavy atom. The van der Waals surface area contributed by atoms with E-state index in [1.807, 2.05) is 0 Å². The molecule has 9 nitrogen and oxygen atoms in total. The normalized spacial score (nSPS) is 11.1. The number of nitrogens with one attached hydrogen (secondary N) is 1. The third kappa shape index (κ3) is 5.54. The van der Waals surface area contributed by atoms with E-state index < -0.39 is 21.9 Å². The van der Waals surface area contributed by atoms with Gasteiger partial charge in [-0.1, -0.05) is 18.2 Å². The molecular weight excluding hydrogens is 465 g/mol. The van der Waals surface area contributed by atoms with E-state index >= 15 is 0 Å². The van der Waals surface area contributed by atoms with Gasteiger partial charge in [0.05, 0.1) is 10.6 Å². The second-order valence-electron chi connectivity index (χ2n) is 7.39. The summed E-state index contributed by atoms with van der Waals surface area (Å²) in [6.45, 7) is -0.485. The molecule has 180 valence electrons. The van der Waals surface area contributed by atoms with Gasteiger partial charge < -0.3 is 19.7 Å². The molecule has 1 N–H and O–H groups in total. The smallest absolute Gasteiger partial charge is 0.407 e. The maximum absolute atomic E-state index is 14.6. The van der Waals surface area contributed by atoms with Crippen LogP contribution in [0.25, 0.3) is 11.3 Å². The molecule has 0 spiro atoms. The van der Waals surface area contributed by atoms with Gasteiger partial charge in [0.1, 0.15) is 18.2 Å². The monoisotopic (exact) mass is 489 g/mol. The van der Waals surface area contributed by atoms with Crippen molar-refractivity contribution in [3.05, 3.63) is 72.2 Å². The van der Waals surface area contributed by atoms with Gasteiger partial charge >= 0.3 is 6.09 Å². The number of nitrogens with zero attached hydrogens (tertiary/aromatic N) is 2. The Morgan fingerprint density at radius 2 is 1.82 bits per heavy atom. The number of carbonyl (C=O) groups is 2. The fraction of sp³-hybridized carbons (Fsp3) is 0.217. The molecular formula is C23H24FN3O6S. The summed E-state index contributed by atoms with van der Waals surface area (Å²) in [7, 11) is 0.331. The predicted octanol–water partition coefficient (Wildman–Crippen LogP) is 2.85. The first-order valence-electron chi connectivity index (χ1n) is 10.1. The second-order valence-corrected chi connectivity index (χ2v) is 9.21. The van der Waals surface area contributed by atoms with Crippen molar-refractivity contribution < 1.29 is 31.9 Å². The summed E-state index contributed by atoms with van der Waals surface area (Å²) in [6.07, 6.45) is 0.573. The highest BCUT2D eigenvalue weighted by Crippen LogP contribution is 2.30. The molecule has 11 heteroatoms. The topological polar surface area (TPSA) is 107 Å². The maximum Gasteiger partial charge on any atom is 0.407 e. The van der Waals surface area contributed by atoms with Crippen molar-refractivity contribution in [1.29, 1.82) is 0 Å². The second kappa shape index (κ2) is 10.4. The van der Waals surface area contributed by atoms with Crippen LogP contribution in [0.3, 0.4) is 0 Å². The van der Waals surface area contributed by atoms with Gasteiger partial charge in [0.15, 0.2) is 6.61 Å². The molecule has 0 aliphatic carbocycles. The number of benzene rings is 2. The lowest BCUT2D eigenvalue weighted by molar-refractivity contribution is -0.130. The van der Waals surface area contributed by atoms with Crippen LogP contribution in [0.15, 0.2) is 65.7 Å². The average Bonchev–Trinajstić information content (AvgIpc) is 3.26. The van der Waals surface area contributed by atoms with Gasteiger partial charge in [-0.15, -0.1) is 0 Å². The number of rotatable bonds is 8. The molecule has 0 fully saturated rings. The third-order valence-corrected chi connectivity index (χ3v) is 6.46. The Kier molecular flexibility index (Phi) is 7.57. The zero-order chi connectivity index (χ0) is 24.9. The van der Waals surface area contributed by atoms with Crippen LogP contribution in [0.1, 0.15) is 5.56 Å². The molecule has 2 amide bonds. The summed E-state index contributed by atoms with van der Waals surface area (Å²) in [5.41, 5.74) is 0.457. The third-order valence-electron chi connectivity index (χ3n) is 4.79. The van der Waals surface area contributed by atoms with E-state index in [0.717, 1.165) is 3.97 Å². The largest absolute Gasteiger partial charge is 0.484 e. The Bertz CT molecular complexity index is 1300. The zero-order valence-electron chi connectivity index (χ0n) is 18.8. The fourth-order valence-corrected chi connectivity index (χ4v) is 4.40. The van der Waals surface area contributed by atoms with Crippen LogP contribution in [0.5, 0.6) is 5.75 Å². The molecule has 0 atom stereocenters. The van der Waals surface area contributed by atoms with Crippen molar-refractivity contribution in [2.75, 3.05) is 27.7 Å². The van der Waals surface area contributed by atoms with Crippen LogP contribution in [0, 0.1) is 5.82 Å². The summed E-state index contributed by atoms with van der Waals surface area (Å²) in [4.78, 5) is 24.5. The molecule has 0 bridgehead atoms. The Balaban J connectivity index is 2.02. The first kappa shape index (κ1) is 24.8. The maximum atomic E-state index is 14.6. The number of aromatic nitrogens is 1. The van der Waals surface area contributed by atoms with E-state index in [9.17, 15) is 22.4 Å². The molecule has 0 unspecified atom stereocenters. The van der Waals surface area contributed by atoms with Gasteiger partial charge in [-0.05, 0) is 30.3 Å². The predicted molar refractivity (Wildman–Crippen MR) is 122 cm³/mol. The number of alkyl carbamates (subject to hydrolysis) is 1. The molecule has 2 aromatic carbocycles. The lowest BCUT2D eigenvalue weighted by atomic mass is 10.1. The summed E-state index contributed by atoms with van der Waals surface area (Å²) in [6, 6.07) is 12.8. The lowest BCUT2D eigenvalue weighted by Gasteiger charge is -2.14. The molecule has 34 heavy (non-hydrogen) atoms. The summed E-state index contributed by atoms with van der Waals surface area (Å²) >= 11 is 0. The van der Waals surface area contributed by atoms with Gasteiger partial charge in [0, 0.05) is 44.5 Å². The molecule has 1 aromatic heterocycles. The molecule has 0 saturated carbocycles. The zero-order valence-corrected chi connectivity index (χ0v) is 19.6. The van der Waals surface area contributed by atoms with E-state index in [-0.39, 0.29) is 41.0 Å². The molecule has 0 aliphatic heterocycles. The van der Waals surface area contributed by atoms with E-state index in [2.05, 4.69) is 5.32 Å². The van der Waals surface area contributed by atoms with Crippen molar-refractivity contribution in [2.45, 2.75) is 11.5 Å². The van der Waals surface area contributed by atoms with E-state index in [0.29, 0.717) is 5.56 Å². The van der Waals surface area contributed by atoms with Gasteiger partial charge in [-0.2, -0.15) is 0 Å². The minimum absolute atomic E-state index is 0.0567. The quantitative estimate of drug-likeness (QED) is 0.522. The lowest BCUT2D eigenvalue weighted by Crippen LogP contribution is -2.27. The number of halogens is 1. The van der Waals surface area contributed by atoms with Gasteiger partial charge in [-0.25, -0.2) is 21.6 Å². The number of carbonyl (C=O) groups excluding carboxylic acids is 2. The molecule has 3 rings (SSSR count). The van der Waals surface area contributed by atoms with Crippen LogP contribution in [0.4, 0.5) is 9.18 Å². The summed E-state index contributed by atoms with van der Waals surface area (Å²) in [5, 5.41) is 2.30. The first-order valence-corrected chi connectivity index (χ1v) is 11.6. The van der Waals surface area contributed by atoms with Crippen molar-refractivity contribution >= 4 is 22.0 Å². The highest BCUT2D eigenvalue weighted by atomic mass is 32.2. The standard InChI is InChI=1S/C23H24FN3O6S/c1-25-23(29)33-14-16-11-21(19-9-4-5-10-20(19)24)27(13-16)34(30,31)18-8-6-7-17(12-18)32-15-22(28)26(2)3/h4-13H,14-15H2,1-3H3,(H,25,29). The Morgan fingerprint density at radius 1 is 1.09 bits per heavy atom. The van der Waals surface area contributed by atoms with E-state index in [4.69, 9.17) is 9.47 Å². The molecule has 0 saturated heterocycles. The van der Waals surface area contributed by atoms with Gasteiger partial charge in [0.25, 0.3) is 15.9 Å². The number of amides is 2. The first-order chi connectivity index (χ1) is 16.1. The van der Waals surface area contributed by atoms with Crippen LogP contribution in [0.2, 0.25) is 0 Å². The minimum Gasteiger partial charge on any atom is -0.484 e. The van der Waals surface area contributed by atoms with Crippen LogP contribution >= 0.6 is 0 Å². The van der Waals surface area contributed by atoms with E-state index in [1.54, 1.807) is 20.2 Å². The molecule has 0 radical (unpaired) electrons. The molecule has 0 aliphatic rings. The van der Waals surface area contributed by atoms with Gasteiger partial charge in [0.2, 0.25) is 0 Å². The fourth-order valence-electron chi connectivity index (χ4n) is 2.97. The van der Waals surface area contributed by atoms with Crippen molar-refractivity contribution in [3.8, 4) is 17.0 Å². The van der Waals surface area contributed by atoms with Crippen LogP contribution in [-0.2, 0) is 26.2 Å². The number of hydrogen-bond donors (Lipinski definition) is 1. The van der Waals surface area contributed by atoms with Crippen LogP contribution < -0.4 is 10.1 Å². The van der Waals surface area contributed by atoms with Crippen molar-refractivity contribution in [3.63, 3.8) is 0 Å². The SMILES string of the molecule is CNC(=O)OCc1cc(-c2ccccc2F)n(S(=O)(=O)c2cccc(OCC(=O)N(C)C)c2)c1. The molecule has 1 heterocycles. The Labute approximate surface area is 196 Å². The highest BCUT2D eigenvalue weighted by Gasteiger charge is 2.24. The molecule has 3 aromatic rings. The Hall–Kier alpha value is -3.86. The summed E-state index contributed by atoms with van der Waals surface area (Å²) < 4.78 is 53.0. The van der Waals surface area contributed by atoms with Crippen molar-refractivity contribution in [2.24, 2.45) is 0 Å². The summed E-state index contributed by atoms with van der Waals surface area (Å²) in [5.74, 6) is -0.726. The highest BCUT2D eigenvalue weighted by molar-refractivity contribution is 7.90. The number of likely N-dealkylation sites (N-methyl/N-ethyl adjacent to an activating group) is 1. The van der Waals surface area contributed by atoms with Crippen molar-refractivity contribution in [1.82, 2.24) is 14.2 Å². The van der Waals surface area contributed by atoms with Crippen LogP contribution in [-0.4, -0.2) is 57.0 Å². The van der Waals surface area contributed by atoms with Gasteiger partial charge in [-0.3, -0.25) is 4.79 Å². The minimum atomic E-state index is -4.22. The van der Waals surface area contributed by atoms with E-state index in [1.165, 1.54) is 66.7 Å². The number of ether oxygens (including phenoxy) is 2. The number of hydrogen-bond acceptors (Lipinski definition) is 6.